The Labute approximate surface area is 108 Å². The average molecular weight is 247 g/mol. The van der Waals surface area contributed by atoms with E-state index >= 15 is 0 Å². The molecule has 3 nitrogen and oxygen atoms in total. The Balaban J connectivity index is 1.93. The molecule has 1 saturated heterocycles. The molecule has 1 aromatic carbocycles. The summed E-state index contributed by atoms with van der Waals surface area (Å²) in [6.07, 6.45) is 3.39. The van der Waals surface area contributed by atoms with Crippen LogP contribution in [-0.2, 0) is 11.3 Å². The normalized spacial score (nSPS) is 20.2. The van der Waals surface area contributed by atoms with Crippen LogP contribution in [-0.4, -0.2) is 28.6 Å². The van der Waals surface area contributed by atoms with Gasteiger partial charge in [0.05, 0.1) is 0 Å². The maximum atomic E-state index is 10.6. The molecule has 2 rings (SSSR count). The van der Waals surface area contributed by atoms with E-state index in [0.29, 0.717) is 6.04 Å². The molecule has 1 N–H and O–H groups in total. The quantitative estimate of drug-likeness (QED) is 0.869. The summed E-state index contributed by atoms with van der Waals surface area (Å²) in [6.45, 7) is 4.15. The minimum atomic E-state index is -0.683. The molecule has 18 heavy (non-hydrogen) atoms. The summed E-state index contributed by atoms with van der Waals surface area (Å²) in [5.41, 5.74) is 2.62. The van der Waals surface area contributed by atoms with Crippen molar-refractivity contribution >= 4 is 5.97 Å². The van der Waals surface area contributed by atoms with Gasteiger partial charge in [0.25, 0.3) is 0 Å². The number of rotatable bonds is 5. The first-order valence-corrected chi connectivity index (χ1v) is 6.66. The third-order valence-electron chi connectivity index (χ3n) is 3.66. The Kier molecular flexibility index (Phi) is 4.37. The molecule has 1 unspecified atom stereocenters. The van der Waals surface area contributed by atoms with Crippen LogP contribution in [0.3, 0.4) is 0 Å². The van der Waals surface area contributed by atoms with Gasteiger partial charge < -0.3 is 5.11 Å². The number of nitrogens with zero attached hydrogens (tertiary/aromatic N) is 1. The minimum absolute atomic E-state index is 0.287. The van der Waals surface area contributed by atoms with Gasteiger partial charge in [0.1, 0.15) is 0 Å². The molecule has 0 spiro atoms. The van der Waals surface area contributed by atoms with Gasteiger partial charge in [0.2, 0.25) is 0 Å². The van der Waals surface area contributed by atoms with Crippen LogP contribution in [0.1, 0.15) is 36.8 Å². The Morgan fingerprint density at radius 1 is 1.50 bits per heavy atom. The van der Waals surface area contributed by atoms with Crippen LogP contribution >= 0.6 is 0 Å². The van der Waals surface area contributed by atoms with Crippen LogP contribution in [0.4, 0.5) is 0 Å². The lowest BCUT2D eigenvalue weighted by molar-refractivity contribution is -0.137. The predicted octanol–water partition coefficient (Wildman–Crippen LogP) is 2.82. The van der Waals surface area contributed by atoms with Gasteiger partial charge in [-0.3, -0.25) is 9.69 Å². The van der Waals surface area contributed by atoms with Crippen LogP contribution in [0.25, 0.3) is 0 Å². The number of carboxylic acid groups (broad SMARTS) is 1. The van der Waals surface area contributed by atoms with Gasteiger partial charge in [-0.25, -0.2) is 0 Å². The second-order valence-electron chi connectivity index (χ2n) is 5.19. The van der Waals surface area contributed by atoms with E-state index in [1.165, 1.54) is 17.5 Å². The number of likely N-dealkylation sites (tertiary alicyclic amines) is 1. The lowest BCUT2D eigenvalue weighted by atomic mass is 10.1. The lowest BCUT2D eigenvalue weighted by Crippen LogP contribution is -2.29. The van der Waals surface area contributed by atoms with Gasteiger partial charge in [0.15, 0.2) is 0 Å². The van der Waals surface area contributed by atoms with Crippen molar-refractivity contribution in [3.8, 4) is 0 Å². The summed E-state index contributed by atoms with van der Waals surface area (Å²) >= 11 is 0. The summed E-state index contributed by atoms with van der Waals surface area (Å²) in [7, 11) is 0. The zero-order chi connectivity index (χ0) is 13.0. The zero-order valence-electron chi connectivity index (χ0n) is 10.9. The Bertz CT molecular complexity index is 417. The molecular weight excluding hydrogens is 226 g/mol. The van der Waals surface area contributed by atoms with E-state index in [-0.39, 0.29) is 6.42 Å². The lowest BCUT2D eigenvalue weighted by Gasteiger charge is -2.24. The molecule has 0 radical (unpaired) electrons. The van der Waals surface area contributed by atoms with Crippen LogP contribution in [0.5, 0.6) is 0 Å². The van der Waals surface area contributed by atoms with E-state index in [9.17, 15) is 4.79 Å². The molecule has 1 aromatic rings. The fourth-order valence-corrected chi connectivity index (χ4v) is 2.77. The van der Waals surface area contributed by atoms with Crippen molar-refractivity contribution in [1.29, 1.82) is 0 Å². The SMILES string of the molecule is Cc1cccc(CN2CCCC2CCC(=O)O)c1. The maximum Gasteiger partial charge on any atom is 0.303 e. The minimum Gasteiger partial charge on any atom is -0.481 e. The molecule has 1 fully saturated rings. The van der Waals surface area contributed by atoms with E-state index in [1.807, 2.05) is 0 Å². The highest BCUT2D eigenvalue weighted by atomic mass is 16.4. The van der Waals surface area contributed by atoms with Crippen LogP contribution in [0.2, 0.25) is 0 Å². The number of carboxylic acids is 1. The molecule has 98 valence electrons. The van der Waals surface area contributed by atoms with Gasteiger partial charge in [-0.15, -0.1) is 0 Å². The molecule has 0 aliphatic carbocycles. The summed E-state index contributed by atoms with van der Waals surface area (Å²) in [4.78, 5) is 13.1. The third kappa shape index (κ3) is 3.57. The zero-order valence-corrected chi connectivity index (χ0v) is 10.9. The van der Waals surface area contributed by atoms with E-state index in [0.717, 1.165) is 25.9 Å². The first-order chi connectivity index (χ1) is 8.65. The first-order valence-electron chi connectivity index (χ1n) is 6.66. The number of aryl methyl sites for hydroxylation is 1. The highest BCUT2D eigenvalue weighted by Crippen LogP contribution is 2.23. The van der Waals surface area contributed by atoms with Crippen molar-refractivity contribution in [1.82, 2.24) is 4.90 Å². The number of aliphatic carboxylic acids is 1. The van der Waals surface area contributed by atoms with Crippen molar-refractivity contribution in [2.45, 2.75) is 45.2 Å². The van der Waals surface area contributed by atoms with Gasteiger partial charge in [-0.2, -0.15) is 0 Å². The second kappa shape index (κ2) is 6.01. The van der Waals surface area contributed by atoms with E-state index in [1.54, 1.807) is 0 Å². The van der Waals surface area contributed by atoms with E-state index in [2.05, 4.69) is 36.1 Å². The fourth-order valence-electron chi connectivity index (χ4n) is 2.77. The standard InChI is InChI=1S/C15H21NO2/c1-12-4-2-5-13(10-12)11-16-9-3-6-14(16)7-8-15(17)18/h2,4-5,10,14H,3,6-9,11H2,1H3,(H,17,18). The molecule has 1 aliphatic heterocycles. The Morgan fingerprint density at radius 2 is 2.33 bits per heavy atom. The topological polar surface area (TPSA) is 40.5 Å². The molecule has 0 bridgehead atoms. The summed E-state index contributed by atoms with van der Waals surface area (Å²) in [5, 5.41) is 8.77. The van der Waals surface area contributed by atoms with Crippen molar-refractivity contribution in [3.63, 3.8) is 0 Å². The Morgan fingerprint density at radius 3 is 3.06 bits per heavy atom. The summed E-state index contributed by atoms with van der Waals surface area (Å²) in [6, 6.07) is 9.01. The highest BCUT2D eigenvalue weighted by Gasteiger charge is 2.24. The largest absolute Gasteiger partial charge is 0.481 e. The van der Waals surface area contributed by atoms with Crippen molar-refractivity contribution in [2.75, 3.05) is 6.54 Å². The van der Waals surface area contributed by atoms with Gasteiger partial charge >= 0.3 is 5.97 Å². The van der Waals surface area contributed by atoms with Gasteiger partial charge in [-0.05, 0) is 38.3 Å². The predicted molar refractivity (Wildman–Crippen MR) is 71.5 cm³/mol. The molecule has 3 heteroatoms. The molecule has 1 aliphatic rings. The number of benzene rings is 1. The Hall–Kier alpha value is -1.35. The van der Waals surface area contributed by atoms with Crippen LogP contribution < -0.4 is 0 Å². The van der Waals surface area contributed by atoms with E-state index in [4.69, 9.17) is 5.11 Å². The molecule has 0 amide bonds. The first kappa shape index (κ1) is 13.1. The van der Waals surface area contributed by atoms with Gasteiger partial charge in [0, 0.05) is 19.0 Å². The number of carbonyl (C=O) groups is 1. The van der Waals surface area contributed by atoms with Crippen LogP contribution in [0.15, 0.2) is 24.3 Å². The average Bonchev–Trinajstić information content (AvgIpc) is 2.74. The summed E-state index contributed by atoms with van der Waals surface area (Å²) in [5.74, 6) is -0.683. The molecule has 0 aromatic heterocycles. The third-order valence-corrected chi connectivity index (χ3v) is 3.66. The van der Waals surface area contributed by atoms with Gasteiger partial charge in [-0.1, -0.05) is 29.8 Å². The molecule has 1 heterocycles. The summed E-state index contributed by atoms with van der Waals surface area (Å²) < 4.78 is 0. The molecular formula is C15H21NO2. The highest BCUT2D eigenvalue weighted by molar-refractivity contribution is 5.66. The van der Waals surface area contributed by atoms with Crippen molar-refractivity contribution in [3.05, 3.63) is 35.4 Å². The van der Waals surface area contributed by atoms with Crippen molar-refractivity contribution < 1.29 is 9.90 Å². The number of hydrogen-bond acceptors (Lipinski definition) is 2. The fraction of sp³-hybridized carbons (Fsp3) is 0.533. The monoisotopic (exact) mass is 247 g/mol. The molecule has 1 atom stereocenters. The number of hydrogen-bond donors (Lipinski definition) is 1. The smallest absolute Gasteiger partial charge is 0.303 e. The van der Waals surface area contributed by atoms with E-state index < -0.39 is 5.97 Å². The van der Waals surface area contributed by atoms with Crippen LogP contribution in [0, 0.1) is 6.92 Å². The van der Waals surface area contributed by atoms with Crippen molar-refractivity contribution in [2.24, 2.45) is 0 Å². The molecule has 0 saturated carbocycles. The maximum absolute atomic E-state index is 10.6. The second-order valence-corrected chi connectivity index (χ2v) is 5.19.